The van der Waals surface area contributed by atoms with Crippen LogP contribution in [0.25, 0.3) is 0 Å². The molecule has 13 heavy (non-hydrogen) atoms. The van der Waals surface area contributed by atoms with Crippen molar-refractivity contribution in [2.75, 3.05) is 7.11 Å². The Morgan fingerprint density at radius 1 is 1.54 bits per heavy atom. The van der Waals surface area contributed by atoms with Gasteiger partial charge in [0, 0.05) is 5.41 Å². The predicted octanol–water partition coefficient (Wildman–Crippen LogP) is 0.893. The summed E-state index contributed by atoms with van der Waals surface area (Å²) in [6, 6.07) is 0. The first-order valence-corrected chi connectivity index (χ1v) is 4.69. The van der Waals surface area contributed by atoms with E-state index in [0.29, 0.717) is 0 Å². The molecule has 3 rings (SSSR count). The third kappa shape index (κ3) is 0.759. The minimum absolute atomic E-state index is 0.0139. The predicted molar refractivity (Wildman–Crippen MR) is 45.0 cm³/mol. The van der Waals surface area contributed by atoms with E-state index in [4.69, 9.17) is 9.47 Å². The van der Waals surface area contributed by atoms with Crippen LogP contribution in [0.5, 0.6) is 0 Å². The molecule has 0 aromatic rings. The first-order valence-electron chi connectivity index (χ1n) is 4.69. The maximum absolute atomic E-state index is 11.5. The molecule has 2 aliphatic heterocycles. The molecule has 0 unspecified atom stereocenters. The Hall–Kier alpha value is -0.830. The molecule has 2 bridgehead atoms. The average Bonchev–Trinajstić information content (AvgIpc) is 2.66. The number of ether oxygens (including phenoxy) is 2. The van der Waals surface area contributed by atoms with Gasteiger partial charge < -0.3 is 9.47 Å². The number of esters is 1. The van der Waals surface area contributed by atoms with E-state index in [2.05, 4.69) is 6.08 Å². The third-order valence-corrected chi connectivity index (χ3v) is 3.58. The summed E-state index contributed by atoms with van der Waals surface area (Å²) in [6.45, 7) is 0. The minimum atomic E-state index is -0.102. The van der Waals surface area contributed by atoms with Crippen molar-refractivity contribution in [3.05, 3.63) is 12.2 Å². The molecule has 3 heteroatoms. The van der Waals surface area contributed by atoms with Gasteiger partial charge in [0.1, 0.15) is 0 Å². The highest BCUT2D eigenvalue weighted by Crippen LogP contribution is 2.64. The number of carbonyl (C=O) groups is 1. The van der Waals surface area contributed by atoms with Gasteiger partial charge in [-0.15, -0.1) is 0 Å². The zero-order valence-corrected chi connectivity index (χ0v) is 7.53. The summed E-state index contributed by atoms with van der Waals surface area (Å²) < 4.78 is 10.5. The van der Waals surface area contributed by atoms with Crippen molar-refractivity contribution < 1.29 is 14.3 Å². The molecule has 1 spiro atoms. The van der Waals surface area contributed by atoms with E-state index in [1.807, 2.05) is 6.08 Å². The molecule has 1 saturated carbocycles. The largest absolute Gasteiger partial charge is 0.469 e. The lowest BCUT2D eigenvalue weighted by Gasteiger charge is -2.21. The van der Waals surface area contributed by atoms with E-state index in [-0.39, 0.29) is 29.5 Å². The second-order valence-corrected chi connectivity index (χ2v) is 4.14. The Balaban J connectivity index is 1.96. The number of fused-ring (bicyclic) bond motifs is 3. The molecule has 0 N–H and O–H groups in total. The van der Waals surface area contributed by atoms with Crippen LogP contribution in [0.2, 0.25) is 0 Å². The van der Waals surface area contributed by atoms with Crippen LogP contribution >= 0.6 is 0 Å². The molecule has 0 aromatic carbocycles. The van der Waals surface area contributed by atoms with Crippen molar-refractivity contribution >= 4 is 5.97 Å². The van der Waals surface area contributed by atoms with E-state index in [9.17, 15) is 4.79 Å². The van der Waals surface area contributed by atoms with E-state index < -0.39 is 0 Å². The fourth-order valence-corrected chi connectivity index (χ4v) is 2.73. The number of carbonyl (C=O) groups excluding carboxylic acids is 1. The first kappa shape index (κ1) is 7.56. The molecule has 3 atom stereocenters. The lowest BCUT2D eigenvalue weighted by molar-refractivity contribution is -0.148. The Labute approximate surface area is 76.7 Å². The van der Waals surface area contributed by atoms with Gasteiger partial charge in [0.25, 0.3) is 0 Å². The molecule has 0 amide bonds. The molecular weight excluding hydrogens is 168 g/mol. The van der Waals surface area contributed by atoms with E-state index >= 15 is 0 Å². The van der Waals surface area contributed by atoms with Gasteiger partial charge in [-0.05, 0) is 12.8 Å². The molecule has 3 aliphatic rings. The SMILES string of the molecule is COC(=O)[C@@H]1[C@H]2C=C[C@H](O2)C12CC2. The monoisotopic (exact) mass is 180 g/mol. The molecule has 0 aromatic heterocycles. The van der Waals surface area contributed by atoms with Gasteiger partial charge in [0.05, 0.1) is 25.2 Å². The Morgan fingerprint density at radius 3 is 2.92 bits per heavy atom. The zero-order chi connectivity index (χ0) is 9.05. The van der Waals surface area contributed by atoms with Crippen molar-refractivity contribution in [3.63, 3.8) is 0 Å². The fourth-order valence-electron chi connectivity index (χ4n) is 2.73. The summed E-state index contributed by atoms with van der Waals surface area (Å²) in [4.78, 5) is 11.5. The Bertz CT molecular complexity index is 291. The van der Waals surface area contributed by atoms with Gasteiger partial charge in [-0.25, -0.2) is 0 Å². The topological polar surface area (TPSA) is 35.5 Å². The average molecular weight is 180 g/mol. The summed E-state index contributed by atoms with van der Waals surface area (Å²) in [5.74, 6) is -0.137. The third-order valence-electron chi connectivity index (χ3n) is 3.58. The summed E-state index contributed by atoms with van der Waals surface area (Å²) in [5, 5.41) is 0. The van der Waals surface area contributed by atoms with Crippen LogP contribution in [0.15, 0.2) is 12.2 Å². The fraction of sp³-hybridized carbons (Fsp3) is 0.700. The van der Waals surface area contributed by atoms with E-state index in [0.717, 1.165) is 12.8 Å². The highest BCUT2D eigenvalue weighted by atomic mass is 16.5. The molecule has 1 aliphatic carbocycles. The van der Waals surface area contributed by atoms with Crippen molar-refractivity contribution in [3.8, 4) is 0 Å². The summed E-state index contributed by atoms with van der Waals surface area (Å²) in [7, 11) is 1.45. The summed E-state index contributed by atoms with van der Waals surface area (Å²) in [6.07, 6.45) is 6.48. The second kappa shape index (κ2) is 2.15. The van der Waals surface area contributed by atoms with Gasteiger partial charge in [0.15, 0.2) is 0 Å². The molecule has 2 fully saturated rings. The van der Waals surface area contributed by atoms with E-state index in [1.165, 1.54) is 7.11 Å². The van der Waals surface area contributed by atoms with Gasteiger partial charge in [-0.3, -0.25) is 4.79 Å². The molecule has 1 saturated heterocycles. The van der Waals surface area contributed by atoms with Crippen LogP contribution in [0.1, 0.15) is 12.8 Å². The first-order chi connectivity index (χ1) is 6.28. The van der Waals surface area contributed by atoms with Gasteiger partial charge in [0.2, 0.25) is 0 Å². The number of methoxy groups -OCH3 is 1. The smallest absolute Gasteiger partial charge is 0.312 e. The normalized spacial score (nSPS) is 42.7. The molecule has 2 heterocycles. The number of hydrogen-bond acceptors (Lipinski definition) is 3. The standard InChI is InChI=1S/C10H12O3/c1-12-9(11)8-6-2-3-7(13-6)10(8)4-5-10/h2-3,6-8H,4-5H2,1H3/t6-,7+,8+/m1/s1. The maximum Gasteiger partial charge on any atom is 0.312 e. The quantitative estimate of drug-likeness (QED) is 0.444. The second-order valence-electron chi connectivity index (χ2n) is 4.14. The van der Waals surface area contributed by atoms with Gasteiger partial charge in [-0.2, -0.15) is 0 Å². The van der Waals surface area contributed by atoms with Crippen molar-refractivity contribution in [2.24, 2.45) is 11.3 Å². The molecule has 0 radical (unpaired) electrons. The highest BCUT2D eigenvalue weighted by molar-refractivity contribution is 5.76. The van der Waals surface area contributed by atoms with Crippen LogP contribution in [-0.2, 0) is 14.3 Å². The Morgan fingerprint density at radius 2 is 2.31 bits per heavy atom. The molecular formula is C10H12O3. The number of rotatable bonds is 1. The molecule has 3 nitrogen and oxygen atoms in total. The van der Waals surface area contributed by atoms with Crippen LogP contribution in [0.4, 0.5) is 0 Å². The highest BCUT2D eigenvalue weighted by Gasteiger charge is 2.67. The lowest BCUT2D eigenvalue weighted by atomic mass is 9.80. The summed E-state index contributed by atoms with van der Waals surface area (Å²) in [5.41, 5.74) is 0.118. The number of hydrogen-bond donors (Lipinski definition) is 0. The zero-order valence-electron chi connectivity index (χ0n) is 7.53. The van der Waals surface area contributed by atoms with Gasteiger partial charge in [-0.1, -0.05) is 12.2 Å². The lowest BCUT2D eigenvalue weighted by Crippen LogP contribution is -2.33. The van der Waals surface area contributed by atoms with Crippen molar-refractivity contribution in [1.82, 2.24) is 0 Å². The van der Waals surface area contributed by atoms with Crippen LogP contribution in [0, 0.1) is 11.3 Å². The Kier molecular flexibility index (Phi) is 1.25. The van der Waals surface area contributed by atoms with E-state index in [1.54, 1.807) is 0 Å². The van der Waals surface area contributed by atoms with Crippen LogP contribution in [0.3, 0.4) is 0 Å². The minimum Gasteiger partial charge on any atom is -0.469 e. The maximum atomic E-state index is 11.5. The van der Waals surface area contributed by atoms with Crippen molar-refractivity contribution in [1.29, 1.82) is 0 Å². The van der Waals surface area contributed by atoms with Crippen LogP contribution in [-0.4, -0.2) is 25.3 Å². The van der Waals surface area contributed by atoms with Gasteiger partial charge >= 0.3 is 5.97 Å². The van der Waals surface area contributed by atoms with Crippen LogP contribution < -0.4 is 0 Å². The summed E-state index contributed by atoms with van der Waals surface area (Å²) >= 11 is 0. The van der Waals surface area contributed by atoms with Crippen molar-refractivity contribution in [2.45, 2.75) is 25.0 Å². The molecule has 70 valence electrons.